The van der Waals surface area contributed by atoms with Crippen LogP contribution in [0.5, 0.6) is 0 Å². The van der Waals surface area contributed by atoms with Crippen LogP contribution in [0.3, 0.4) is 0 Å². The number of para-hydroxylation sites is 2. The van der Waals surface area contributed by atoms with E-state index < -0.39 is 0 Å². The van der Waals surface area contributed by atoms with Gasteiger partial charge in [-0.1, -0.05) is 175 Å². The smallest absolute Gasteiger partial charge is 0.0465 e. The Morgan fingerprint density at radius 2 is 0.767 bits per heavy atom. The summed E-state index contributed by atoms with van der Waals surface area (Å²) in [7, 11) is 0. The van der Waals surface area contributed by atoms with Gasteiger partial charge < -0.3 is 9.80 Å². The third-order valence-electron chi connectivity index (χ3n) is 17.2. The van der Waals surface area contributed by atoms with E-state index in [-0.39, 0.29) is 16.2 Å². The van der Waals surface area contributed by atoms with Gasteiger partial charge in [-0.15, -0.1) is 0 Å². The molecule has 0 aromatic heterocycles. The standard InChI is InChI=1S/C71H62N2/c1-45-17-15-23-53(37-45)72(51-19-11-9-12-20-51)55-29-35-61-59-33-27-49(41-65(59)70(5,6)67(61)43-55)47-25-31-57-58-32-26-48(40-64(58)69(3,4)63(57)39-47)50-28-34-60-62-36-30-56(44-68(62)71(7,8)66(60)42-50)73(52-21-13-10-14-22-52)54-24-16-18-46(2)38-54/h9-44,61,67H,1-8H3. The van der Waals surface area contributed by atoms with Crippen molar-refractivity contribution in [1.29, 1.82) is 0 Å². The normalized spacial score (nSPS) is 17.7. The Hall–Kier alpha value is -7.94. The molecule has 73 heavy (non-hydrogen) atoms. The molecule has 0 spiro atoms. The number of anilines is 5. The Kier molecular flexibility index (Phi) is 10.2. The molecule has 2 nitrogen and oxygen atoms in total. The zero-order valence-corrected chi connectivity index (χ0v) is 43.3. The Morgan fingerprint density at radius 1 is 0.356 bits per heavy atom. The second-order valence-corrected chi connectivity index (χ2v) is 22.8. The van der Waals surface area contributed by atoms with Gasteiger partial charge in [0, 0.05) is 50.9 Å². The maximum absolute atomic E-state index is 2.55. The van der Waals surface area contributed by atoms with E-state index in [1.54, 1.807) is 0 Å². The molecule has 4 aliphatic carbocycles. The van der Waals surface area contributed by atoms with Gasteiger partial charge in [0.15, 0.2) is 0 Å². The van der Waals surface area contributed by atoms with Crippen LogP contribution in [-0.4, -0.2) is 0 Å². The summed E-state index contributed by atoms with van der Waals surface area (Å²) in [4.78, 5) is 4.81. The maximum Gasteiger partial charge on any atom is 0.0465 e. The maximum atomic E-state index is 2.55. The van der Waals surface area contributed by atoms with Crippen LogP contribution in [-0.2, 0) is 16.2 Å². The van der Waals surface area contributed by atoms with Crippen molar-refractivity contribution in [3.63, 3.8) is 0 Å². The first-order valence-electron chi connectivity index (χ1n) is 26.2. The molecular weight excluding hydrogens is 881 g/mol. The van der Waals surface area contributed by atoms with Crippen LogP contribution in [0, 0.1) is 19.8 Å². The molecular formula is C71H62N2. The van der Waals surface area contributed by atoms with Gasteiger partial charge in [0.05, 0.1) is 0 Å². The van der Waals surface area contributed by atoms with Gasteiger partial charge in [-0.25, -0.2) is 0 Å². The first kappa shape index (κ1) is 45.0. The van der Waals surface area contributed by atoms with Crippen LogP contribution in [0.4, 0.5) is 28.4 Å². The van der Waals surface area contributed by atoms with Crippen LogP contribution in [0.2, 0.25) is 0 Å². The molecule has 9 aromatic carbocycles. The molecule has 0 aliphatic heterocycles. The summed E-state index contributed by atoms with van der Waals surface area (Å²) in [5.41, 5.74) is 28.1. The fourth-order valence-corrected chi connectivity index (χ4v) is 13.3. The first-order valence-corrected chi connectivity index (χ1v) is 26.2. The molecule has 0 saturated heterocycles. The highest BCUT2D eigenvalue weighted by Gasteiger charge is 2.46. The number of rotatable bonds is 8. The first-order chi connectivity index (χ1) is 35.3. The Labute approximate surface area is 432 Å². The molecule has 0 bridgehead atoms. The Balaban J connectivity index is 0.793. The second kappa shape index (κ2) is 16.6. The van der Waals surface area contributed by atoms with Gasteiger partial charge in [0.1, 0.15) is 0 Å². The van der Waals surface area contributed by atoms with Crippen LogP contribution in [0.15, 0.2) is 224 Å². The fourth-order valence-electron chi connectivity index (χ4n) is 13.3. The summed E-state index contributed by atoms with van der Waals surface area (Å²) in [5, 5.41) is 0. The molecule has 0 fully saturated rings. The minimum absolute atomic E-state index is 0.0622. The van der Waals surface area contributed by atoms with Crippen molar-refractivity contribution >= 4 is 28.4 Å². The number of hydrogen-bond acceptors (Lipinski definition) is 2. The van der Waals surface area contributed by atoms with Gasteiger partial charge in [-0.05, 0) is 199 Å². The van der Waals surface area contributed by atoms with Crippen molar-refractivity contribution in [3.05, 3.63) is 269 Å². The van der Waals surface area contributed by atoms with E-state index in [4.69, 9.17) is 0 Å². The monoisotopic (exact) mass is 942 g/mol. The minimum Gasteiger partial charge on any atom is -0.311 e. The largest absolute Gasteiger partial charge is 0.311 e. The molecule has 356 valence electrons. The lowest BCUT2D eigenvalue weighted by molar-refractivity contribution is 0.392. The number of benzene rings is 9. The number of hydrogen-bond donors (Lipinski definition) is 0. The summed E-state index contributed by atoms with van der Waals surface area (Å²) in [6, 6.07) is 75.3. The van der Waals surface area contributed by atoms with Crippen molar-refractivity contribution in [2.24, 2.45) is 5.92 Å². The van der Waals surface area contributed by atoms with Crippen LogP contribution >= 0.6 is 0 Å². The highest BCUT2D eigenvalue weighted by Crippen LogP contribution is 2.57. The van der Waals surface area contributed by atoms with Gasteiger partial charge >= 0.3 is 0 Å². The Bertz CT molecular complexity index is 3750. The third kappa shape index (κ3) is 7.13. The van der Waals surface area contributed by atoms with Crippen LogP contribution in [0.25, 0.3) is 44.5 Å². The lowest BCUT2D eigenvalue weighted by Crippen LogP contribution is -2.28. The van der Waals surface area contributed by atoms with E-state index >= 15 is 0 Å². The quantitative estimate of drug-likeness (QED) is 0.150. The number of aryl methyl sites for hydroxylation is 2. The number of nitrogens with zero attached hydrogens (tertiary/aromatic N) is 2. The minimum atomic E-state index is -0.180. The van der Waals surface area contributed by atoms with E-state index in [1.165, 1.54) is 117 Å². The highest BCUT2D eigenvalue weighted by atomic mass is 15.2. The molecule has 2 heteroatoms. The highest BCUT2D eigenvalue weighted by molar-refractivity contribution is 5.90. The van der Waals surface area contributed by atoms with Gasteiger partial charge in [-0.2, -0.15) is 0 Å². The molecule has 13 rings (SSSR count). The van der Waals surface area contributed by atoms with Gasteiger partial charge in [0.2, 0.25) is 0 Å². The summed E-state index contributed by atoms with van der Waals surface area (Å²) < 4.78 is 0. The Morgan fingerprint density at radius 3 is 1.27 bits per heavy atom. The van der Waals surface area contributed by atoms with Gasteiger partial charge in [-0.3, -0.25) is 0 Å². The summed E-state index contributed by atoms with van der Waals surface area (Å²) in [5.74, 6) is 0.664. The molecule has 0 saturated carbocycles. The second-order valence-electron chi connectivity index (χ2n) is 22.8. The van der Waals surface area contributed by atoms with E-state index in [0.29, 0.717) is 11.8 Å². The van der Waals surface area contributed by atoms with Crippen molar-refractivity contribution < 1.29 is 0 Å². The average molecular weight is 943 g/mol. The SMILES string of the molecule is Cc1cccc(N(C2=CC3C(C=C2)c2ccc(-c4ccc5c(c4)C(C)(C)c4cc(-c6ccc7c(c6)C(C)(C)c6cc(N(c8ccccc8)c8cccc(C)c8)ccc6-7)ccc4-5)cc2C3(C)C)c2ccccc2)c1. The summed E-state index contributed by atoms with van der Waals surface area (Å²) >= 11 is 0. The van der Waals surface area contributed by atoms with Crippen molar-refractivity contribution in [2.45, 2.75) is 77.6 Å². The molecule has 0 N–H and O–H groups in total. The molecule has 2 unspecified atom stereocenters. The zero-order valence-electron chi connectivity index (χ0n) is 43.3. The number of fused-ring (bicyclic) bond motifs is 9. The third-order valence-corrected chi connectivity index (χ3v) is 17.2. The molecule has 2 atom stereocenters. The summed E-state index contributed by atoms with van der Waals surface area (Å²) in [6.45, 7) is 18.9. The van der Waals surface area contributed by atoms with Crippen LogP contribution in [0.1, 0.15) is 92.0 Å². The lowest BCUT2D eigenvalue weighted by atomic mass is 9.73. The van der Waals surface area contributed by atoms with E-state index in [1.807, 2.05) is 0 Å². The van der Waals surface area contributed by atoms with E-state index in [2.05, 4.69) is 284 Å². The zero-order chi connectivity index (χ0) is 50.0. The topological polar surface area (TPSA) is 6.48 Å². The van der Waals surface area contributed by atoms with E-state index in [0.717, 1.165) is 5.69 Å². The van der Waals surface area contributed by atoms with Crippen molar-refractivity contribution in [2.75, 3.05) is 9.80 Å². The summed E-state index contributed by atoms with van der Waals surface area (Å²) in [6.07, 6.45) is 7.37. The molecule has 4 aliphatic rings. The molecule has 0 heterocycles. The lowest BCUT2D eigenvalue weighted by Gasteiger charge is -2.34. The number of allylic oxidation sites excluding steroid dienone is 3. The van der Waals surface area contributed by atoms with Gasteiger partial charge in [0.25, 0.3) is 0 Å². The predicted octanol–water partition coefficient (Wildman–Crippen LogP) is 19.0. The van der Waals surface area contributed by atoms with Crippen LogP contribution < -0.4 is 9.80 Å². The fraction of sp³-hybridized carbons (Fsp3) is 0.183. The molecule has 9 aromatic rings. The van der Waals surface area contributed by atoms with Crippen molar-refractivity contribution in [1.82, 2.24) is 0 Å². The molecule has 0 amide bonds. The average Bonchev–Trinajstić information content (AvgIpc) is 3.87. The van der Waals surface area contributed by atoms with E-state index in [9.17, 15) is 0 Å². The molecule has 0 radical (unpaired) electrons. The van der Waals surface area contributed by atoms with Crippen molar-refractivity contribution in [3.8, 4) is 44.5 Å². The predicted molar refractivity (Wildman–Crippen MR) is 308 cm³/mol.